The van der Waals surface area contributed by atoms with E-state index in [0.717, 1.165) is 6.20 Å². The summed E-state index contributed by atoms with van der Waals surface area (Å²) in [6, 6.07) is 1.87. The summed E-state index contributed by atoms with van der Waals surface area (Å²) in [6.45, 7) is 7.09. The Bertz CT molecular complexity index is 546. The number of hydrogen-bond donors (Lipinski definition) is 3. The van der Waals surface area contributed by atoms with Gasteiger partial charge in [0, 0.05) is 11.7 Å². The van der Waals surface area contributed by atoms with Gasteiger partial charge in [-0.1, -0.05) is 0 Å². The highest BCUT2D eigenvalue weighted by Crippen LogP contribution is 2.03. The number of carboxylic acid groups (broad SMARTS) is 1. The number of carbonyl (C=O) groups excluding carboxylic acids is 2. The van der Waals surface area contributed by atoms with Crippen LogP contribution in [-0.2, 0) is 4.79 Å². The Morgan fingerprint density at radius 2 is 1.86 bits per heavy atom. The summed E-state index contributed by atoms with van der Waals surface area (Å²) in [5.74, 6) is -1.96. The highest BCUT2D eigenvalue weighted by Gasteiger charge is 2.21. The molecule has 7 nitrogen and oxygen atoms in total. The molecule has 0 aliphatic heterocycles. The van der Waals surface area contributed by atoms with Gasteiger partial charge in [-0.25, -0.2) is 9.78 Å². The number of carbonyl (C=O) groups is 3. The van der Waals surface area contributed by atoms with Gasteiger partial charge >= 0.3 is 5.97 Å². The van der Waals surface area contributed by atoms with Gasteiger partial charge in [-0.15, -0.1) is 0 Å². The van der Waals surface area contributed by atoms with Crippen molar-refractivity contribution in [1.29, 1.82) is 0 Å². The van der Waals surface area contributed by atoms with Gasteiger partial charge in [-0.05, 0) is 39.8 Å². The molecule has 0 fully saturated rings. The molecule has 0 aromatic carbocycles. The predicted octanol–water partition coefficient (Wildman–Crippen LogP) is 0.813. The quantitative estimate of drug-likeness (QED) is 0.761. The van der Waals surface area contributed by atoms with Crippen LogP contribution < -0.4 is 10.6 Å². The van der Waals surface area contributed by atoms with E-state index < -0.39 is 17.9 Å². The molecule has 1 aromatic rings. The fourth-order valence-electron chi connectivity index (χ4n) is 1.48. The minimum absolute atomic E-state index is 0.148. The number of hydrogen-bond acceptors (Lipinski definition) is 4. The SMILES string of the molecule is CC(NC(=O)c1ccc(C(=O)O)nc1)C(=O)NC(C)(C)C. The van der Waals surface area contributed by atoms with Gasteiger partial charge in [0.2, 0.25) is 5.91 Å². The van der Waals surface area contributed by atoms with Crippen molar-refractivity contribution in [3.8, 4) is 0 Å². The maximum absolute atomic E-state index is 11.9. The Morgan fingerprint density at radius 1 is 1.24 bits per heavy atom. The van der Waals surface area contributed by atoms with E-state index in [9.17, 15) is 14.4 Å². The molecule has 114 valence electrons. The molecule has 0 saturated heterocycles. The predicted molar refractivity (Wildman–Crippen MR) is 76.0 cm³/mol. The lowest BCUT2D eigenvalue weighted by Crippen LogP contribution is -2.50. The van der Waals surface area contributed by atoms with Crippen molar-refractivity contribution in [1.82, 2.24) is 15.6 Å². The third-order valence-electron chi connectivity index (χ3n) is 2.48. The Hall–Kier alpha value is -2.44. The zero-order chi connectivity index (χ0) is 16.2. The van der Waals surface area contributed by atoms with Crippen LogP contribution in [0.4, 0.5) is 0 Å². The second-order valence-electron chi connectivity index (χ2n) is 5.67. The summed E-state index contributed by atoms with van der Waals surface area (Å²) < 4.78 is 0. The molecular weight excluding hydrogens is 274 g/mol. The van der Waals surface area contributed by atoms with Gasteiger partial charge in [0.1, 0.15) is 11.7 Å². The lowest BCUT2D eigenvalue weighted by Gasteiger charge is -2.23. The van der Waals surface area contributed by atoms with Gasteiger partial charge < -0.3 is 15.7 Å². The number of carboxylic acids is 1. The van der Waals surface area contributed by atoms with Crippen LogP contribution >= 0.6 is 0 Å². The molecule has 2 amide bonds. The summed E-state index contributed by atoms with van der Waals surface area (Å²) in [6.07, 6.45) is 1.16. The van der Waals surface area contributed by atoms with Crippen molar-refractivity contribution in [2.75, 3.05) is 0 Å². The third kappa shape index (κ3) is 5.21. The number of nitrogens with zero attached hydrogens (tertiary/aromatic N) is 1. The van der Waals surface area contributed by atoms with Crippen LogP contribution in [0, 0.1) is 0 Å². The second-order valence-corrected chi connectivity index (χ2v) is 5.67. The molecule has 1 unspecified atom stereocenters. The molecule has 0 aliphatic carbocycles. The van der Waals surface area contributed by atoms with Crippen molar-refractivity contribution in [3.05, 3.63) is 29.6 Å². The van der Waals surface area contributed by atoms with E-state index in [2.05, 4.69) is 15.6 Å². The first-order valence-electron chi connectivity index (χ1n) is 6.42. The largest absolute Gasteiger partial charge is 0.477 e. The summed E-state index contributed by atoms with van der Waals surface area (Å²) in [4.78, 5) is 38.1. The smallest absolute Gasteiger partial charge is 0.354 e. The molecule has 1 rings (SSSR count). The van der Waals surface area contributed by atoms with Crippen molar-refractivity contribution >= 4 is 17.8 Å². The number of nitrogens with one attached hydrogen (secondary N) is 2. The first kappa shape index (κ1) is 16.6. The Balaban J connectivity index is 2.68. The molecular formula is C14H19N3O4. The van der Waals surface area contributed by atoms with Crippen LogP contribution in [0.1, 0.15) is 48.5 Å². The van der Waals surface area contributed by atoms with Crippen molar-refractivity contribution in [3.63, 3.8) is 0 Å². The normalized spacial score (nSPS) is 12.4. The van der Waals surface area contributed by atoms with Gasteiger partial charge in [0.25, 0.3) is 5.91 Å². The Morgan fingerprint density at radius 3 is 2.29 bits per heavy atom. The van der Waals surface area contributed by atoms with Crippen molar-refractivity contribution < 1.29 is 19.5 Å². The fourth-order valence-corrected chi connectivity index (χ4v) is 1.48. The standard InChI is InChI=1S/C14H19N3O4/c1-8(11(18)17-14(2,3)4)16-12(19)9-5-6-10(13(20)21)15-7-9/h5-8H,1-4H3,(H,16,19)(H,17,18)(H,20,21). The zero-order valence-corrected chi connectivity index (χ0v) is 12.4. The van der Waals surface area contributed by atoms with E-state index in [1.807, 2.05) is 20.8 Å². The average molecular weight is 293 g/mol. The topological polar surface area (TPSA) is 108 Å². The molecule has 3 N–H and O–H groups in total. The van der Waals surface area contributed by atoms with E-state index in [4.69, 9.17) is 5.11 Å². The van der Waals surface area contributed by atoms with Crippen LogP contribution in [-0.4, -0.2) is 39.5 Å². The summed E-state index contributed by atoms with van der Waals surface area (Å²) in [5, 5.41) is 14.0. The van der Waals surface area contributed by atoms with E-state index in [1.54, 1.807) is 6.92 Å². The fraction of sp³-hybridized carbons (Fsp3) is 0.429. The maximum atomic E-state index is 11.9. The van der Waals surface area contributed by atoms with E-state index in [0.29, 0.717) is 0 Å². The molecule has 0 bridgehead atoms. The van der Waals surface area contributed by atoms with Crippen LogP contribution in [0.25, 0.3) is 0 Å². The van der Waals surface area contributed by atoms with Gasteiger partial charge in [-0.2, -0.15) is 0 Å². The highest BCUT2D eigenvalue weighted by atomic mass is 16.4. The molecule has 1 atom stereocenters. The van der Waals surface area contributed by atoms with Crippen LogP contribution in [0.3, 0.4) is 0 Å². The summed E-state index contributed by atoms with van der Waals surface area (Å²) >= 11 is 0. The van der Waals surface area contributed by atoms with Crippen molar-refractivity contribution in [2.45, 2.75) is 39.3 Å². The molecule has 0 radical (unpaired) electrons. The minimum atomic E-state index is -1.17. The molecule has 0 saturated carbocycles. The number of amides is 2. The highest BCUT2D eigenvalue weighted by molar-refractivity contribution is 5.97. The lowest BCUT2D eigenvalue weighted by molar-refractivity contribution is -0.124. The lowest BCUT2D eigenvalue weighted by atomic mass is 10.1. The molecule has 0 spiro atoms. The number of aromatic carboxylic acids is 1. The van der Waals surface area contributed by atoms with E-state index >= 15 is 0 Å². The number of aromatic nitrogens is 1. The van der Waals surface area contributed by atoms with E-state index in [1.165, 1.54) is 12.1 Å². The monoisotopic (exact) mass is 293 g/mol. The maximum Gasteiger partial charge on any atom is 0.354 e. The number of pyridine rings is 1. The summed E-state index contributed by atoms with van der Waals surface area (Å²) in [7, 11) is 0. The second kappa shape index (κ2) is 6.34. The van der Waals surface area contributed by atoms with Crippen LogP contribution in [0.5, 0.6) is 0 Å². The number of rotatable bonds is 4. The third-order valence-corrected chi connectivity index (χ3v) is 2.48. The van der Waals surface area contributed by atoms with Crippen LogP contribution in [0.2, 0.25) is 0 Å². The Labute approximate surface area is 122 Å². The van der Waals surface area contributed by atoms with Gasteiger partial charge in [0.05, 0.1) is 5.56 Å². The Kier molecular flexibility index (Phi) is 5.02. The zero-order valence-electron chi connectivity index (χ0n) is 12.4. The molecule has 1 aromatic heterocycles. The van der Waals surface area contributed by atoms with Crippen LogP contribution in [0.15, 0.2) is 18.3 Å². The first-order valence-corrected chi connectivity index (χ1v) is 6.42. The molecule has 21 heavy (non-hydrogen) atoms. The first-order chi connectivity index (χ1) is 9.60. The van der Waals surface area contributed by atoms with Gasteiger partial charge in [0.15, 0.2) is 0 Å². The van der Waals surface area contributed by atoms with E-state index in [-0.39, 0.29) is 22.7 Å². The molecule has 7 heteroatoms. The van der Waals surface area contributed by atoms with Crippen molar-refractivity contribution in [2.24, 2.45) is 0 Å². The minimum Gasteiger partial charge on any atom is -0.477 e. The summed E-state index contributed by atoms with van der Waals surface area (Å²) in [5.41, 5.74) is -0.346. The molecule has 1 heterocycles. The average Bonchev–Trinajstić information content (AvgIpc) is 2.36. The van der Waals surface area contributed by atoms with Gasteiger partial charge in [-0.3, -0.25) is 9.59 Å². The molecule has 0 aliphatic rings.